The Morgan fingerprint density at radius 1 is 1.16 bits per heavy atom. The van der Waals surface area contributed by atoms with Crippen LogP contribution in [0.25, 0.3) is 17.1 Å². The summed E-state index contributed by atoms with van der Waals surface area (Å²) in [6, 6.07) is 9.65. The van der Waals surface area contributed by atoms with Gasteiger partial charge >= 0.3 is 0 Å². The van der Waals surface area contributed by atoms with E-state index in [1.165, 1.54) is 11.1 Å². The first-order valence-electron chi connectivity index (χ1n) is 5.99. The lowest BCUT2D eigenvalue weighted by atomic mass is 10.1. The smallest absolute Gasteiger partial charge is 0.172 e. The molecule has 0 spiro atoms. The molecule has 3 aromatic rings. The minimum Gasteiger partial charge on any atom is -0.463 e. The van der Waals surface area contributed by atoms with Crippen LogP contribution in [0.5, 0.6) is 0 Å². The van der Waals surface area contributed by atoms with E-state index in [0.29, 0.717) is 17.3 Å². The van der Waals surface area contributed by atoms with Crippen LogP contribution in [0.15, 0.2) is 41.0 Å². The van der Waals surface area contributed by atoms with Crippen LogP contribution < -0.4 is 5.73 Å². The van der Waals surface area contributed by atoms with Crippen LogP contribution in [0.2, 0.25) is 0 Å². The number of hydrogen-bond donors (Lipinski definition) is 1. The van der Waals surface area contributed by atoms with E-state index in [9.17, 15) is 0 Å². The maximum Gasteiger partial charge on any atom is 0.172 e. The van der Waals surface area contributed by atoms with Gasteiger partial charge in [-0.25, -0.2) is 0 Å². The van der Waals surface area contributed by atoms with Crippen molar-refractivity contribution in [3.8, 4) is 17.1 Å². The van der Waals surface area contributed by atoms with Gasteiger partial charge in [0.05, 0.1) is 12.0 Å². The second-order valence-corrected chi connectivity index (χ2v) is 4.48. The maximum absolute atomic E-state index is 6.09. The lowest BCUT2D eigenvalue weighted by molar-refractivity contribution is 0.580. The van der Waals surface area contributed by atoms with E-state index in [4.69, 9.17) is 10.2 Å². The van der Waals surface area contributed by atoms with Gasteiger partial charge in [-0.15, -0.1) is 5.10 Å². The summed E-state index contributed by atoms with van der Waals surface area (Å²) in [5, 5.41) is 8.18. The van der Waals surface area contributed by atoms with Gasteiger partial charge in [-0.05, 0) is 49.2 Å². The van der Waals surface area contributed by atoms with Crippen LogP contribution in [0.1, 0.15) is 11.1 Å². The highest BCUT2D eigenvalue weighted by atomic mass is 16.3. The van der Waals surface area contributed by atoms with Crippen LogP contribution in [0, 0.1) is 13.8 Å². The molecule has 0 atom stereocenters. The molecule has 0 unspecified atom stereocenters. The number of aryl methyl sites for hydroxylation is 2. The number of nitrogens with two attached hydrogens (primary N) is 1. The summed E-state index contributed by atoms with van der Waals surface area (Å²) in [4.78, 5) is 0. The predicted octanol–water partition coefficient (Wildman–Crippen LogP) is 2.73. The zero-order valence-corrected chi connectivity index (χ0v) is 10.8. The number of aromatic nitrogens is 3. The molecule has 0 aliphatic heterocycles. The van der Waals surface area contributed by atoms with E-state index in [0.717, 1.165) is 5.69 Å². The molecule has 0 amide bonds. The minimum atomic E-state index is 0.471. The Labute approximate surface area is 110 Å². The van der Waals surface area contributed by atoms with E-state index in [-0.39, 0.29) is 0 Å². The van der Waals surface area contributed by atoms with Gasteiger partial charge in [0.1, 0.15) is 0 Å². The Morgan fingerprint density at radius 2 is 2.00 bits per heavy atom. The minimum absolute atomic E-state index is 0.471. The molecule has 2 aromatic heterocycles. The fraction of sp³-hybridized carbons (Fsp3) is 0.143. The Bertz CT molecular complexity index is 713. The Balaban J connectivity index is 2.09. The number of furan rings is 1. The van der Waals surface area contributed by atoms with Crippen LogP contribution in [-0.4, -0.2) is 15.0 Å². The molecule has 0 bridgehead atoms. The van der Waals surface area contributed by atoms with Gasteiger partial charge in [0.25, 0.3) is 0 Å². The summed E-state index contributed by atoms with van der Waals surface area (Å²) in [5.41, 5.74) is 9.96. The summed E-state index contributed by atoms with van der Waals surface area (Å²) >= 11 is 0. The molecule has 5 nitrogen and oxygen atoms in total. The second kappa shape index (κ2) is 4.28. The average molecular weight is 254 g/mol. The molecular formula is C14H14N4O. The highest BCUT2D eigenvalue weighted by Gasteiger charge is 2.15. The Morgan fingerprint density at radius 3 is 2.68 bits per heavy atom. The zero-order chi connectivity index (χ0) is 13.4. The third kappa shape index (κ3) is 1.89. The summed E-state index contributed by atoms with van der Waals surface area (Å²) in [6.45, 7) is 4.12. The summed E-state index contributed by atoms with van der Waals surface area (Å²) < 4.78 is 6.91. The lowest BCUT2D eigenvalue weighted by Crippen LogP contribution is -2.02. The Kier molecular flexibility index (Phi) is 2.59. The van der Waals surface area contributed by atoms with Gasteiger partial charge in [-0.3, -0.25) is 0 Å². The van der Waals surface area contributed by atoms with Crippen LogP contribution in [-0.2, 0) is 0 Å². The largest absolute Gasteiger partial charge is 0.463 e. The molecule has 2 heterocycles. The molecule has 0 aliphatic carbocycles. The number of nitrogens with zero attached hydrogens (tertiary/aromatic N) is 3. The van der Waals surface area contributed by atoms with Crippen molar-refractivity contribution in [1.29, 1.82) is 0 Å². The van der Waals surface area contributed by atoms with Crippen molar-refractivity contribution in [3.05, 3.63) is 47.7 Å². The van der Waals surface area contributed by atoms with Crippen molar-refractivity contribution in [2.45, 2.75) is 13.8 Å². The van der Waals surface area contributed by atoms with Crippen molar-refractivity contribution in [2.75, 3.05) is 5.73 Å². The second-order valence-electron chi connectivity index (χ2n) is 4.48. The molecule has 5 heteroatoms. The van der Waals surface area contributed by atoms with E-state index in [2.05, 4.69) is 24.2 Å². The molecule has 2 N–H and O–H groups in total. The first-order valence-corrected chi connectivity index (χ1v) is 5.99. The number of rotatable bonds is 2. The van der Waals surface area contributed by atoms with Gasteiger partial charge < -0.3 is 10.2 Å². The summed E-state index contributed by atoms with van der Waals surface area (Å²) in [6.07, 6.45) is 1.59. The van der Waals surface area contributed by atoms with Crippen molar-refractivity contribution in [2.24, 2.45) is 0 Å². The predicted molar refractivity (Wildman–Crippen MR) is 72.9 cm³/mol. The molecular weight excluding hydrogens is 240 g/mol. The lowest BCUT2D eigenvalue weighted by Gasteiger charge is -2.06. The molecule has 0 saturated carbocycles. The first kappa shape index (κ1) is 11.5. The van der Waals surface area contributed by atoms with Crippen molar-refractivity contribution < 1.29 is 4.42 Å². The topological polar surface area (TPSA) is 69.9 Å². The molecule has 0 aliphatic rings. The van der Waals surface area contributed by atoms with Crippen molar-refractivity contribution in [1.82, 2.24) is 15.0 Å². The molecule has 0 saturated heterocycles. The highest BCUT2D eigenvalue weighted by Crippen LogP contribution is 2.26. The third-order valence-corrected chi connectivity index (χ3v) is 3.19. The average Bonchev–Trinajstić information content (AvgIpc) is 3.02. The normalized spacial score (nSPS) is 10.8. The monoisotopic (exact) mass is 254 g/mol. The number of benzene rings is 1. The number of anilines is 1. The number of nitrogen functional groups attached to an aromatic ring is 1. The molecule has 96 valence electrons. The van der Waals surface area contributed by atoms with Crippen LogP contribution >= 0.6 is 0 Å². The first-order chi connectivity index (χ1) is 9.16. The van der Waals surface area contributed by atoms with Crippen molar-refractivity contribution >= 4 is 5.82 Å². The standard InChI is InChI=1S/C14H14N4O/c1-9-5-6-11(8-10(9)2)18-14(15)13(16-17-18)12-4-3-7-19-12/h3-8H,15H2,1-2H3. The van der Waals surface area contributed by atoms with E-state index >= 15 is 0 Å². The molecule has 19 heavy (non-hydrogen) atoms. The molecule has 0 fully saturated rings. The van der Waals surface area contributed by atoms with E-state index in [1.807, 2.05) is 24.3 Å². The van der Waals surface area contributed by atoms with Gasteiger partial charge in [-0.2, -0.15) is 4.68 Å². The molecule has 1 aromatic carbocycles. The van der Waals surface area contributed by atoms with Gasteiger partial charge in [-0.1, -0.05) is 11.3 Å². The van der Waals surface area contributed by atoms with Gasteiger partial charge in [0.15, 0.2) is 17.3 Å². The Hall–Kier alpha value is -2.56. The highest BCUT2D eigenvalue weighted by molar-refractivity contribution is 5.66. The van der Waals surface area contributed by atoms with Gasteiger partial charge in [0.2, 0.25) is 0 Å². The third-order valence-electron chi connectivity index (χ3n) is 3.19. The summed E-state index contributed by atoms with van der Waals surface area (Å²) in [5.74, 6) is 1.09. The summed E-state index contributed by atoms with van der Waals surface area (Å²) in [7, 11) is 0. The quantitative estimate of drug-likeness (QED) is 0.763. The van der Waals surface area contributed by atoms with Crippen LogP contribution in [0.3, 0.4) is 0 Å². The van der Waals surface area contributed by atoms with Crippen molar-refractivity contribution in [3.63, 3.8) is 0 Å². The fourth-order valence-electron chi connectivity index (χ4n) is 1.93. The van der Waals surface area contributed by atoms with E-state index in [1.54, 1.807) is 17.0 Å². The maximum atomic E-state index is 6.09. The fourth-order valence-corrected chi connectivity index (χ4v) is 1.93. The molecule has 0 radical (unpaired) electrons. The van der Waals surface area contributed by atoms with Crippen LogP contribution in [0.4, 0.5) is 5.82 Å². The van der Waals surface area contributed by atoms with Gasteiger partial charge in [0, 0.05) is 0 Å². The molecule has 3 rings (SSSR count). The SMILES string of the molecule is Cc1ccc(-n2nnc(-c3ccco3)c2N)cc1C. The zero-order valence-electron chi connectivity index (χ0n) is 10.8. The van der Waals surface area contributed by atoms with E-state index < -0.39 is 0 Å². The number of hydrogen-bond acceptors (Lipinski definition) is 4.